The van der Waals surface area contributed by atoms with E-state index in [2.05, 4.69) is 6.92 Å². The average Bonchev–Trinajstić information content (AvgIpc) is 2.48. The summed E-state index contributed by atoms with van der Waals surface area (Å²) in [6.07, 6.45) is 0.942. The van der Waals surface area contributed by atoms with Gasteiger partial charge in [0, 0.05) is 0 Å². The number of carboxylic acids is 1. The van der Waals surface area contributed by atoms with Crippen molar-refractivity contribution in [2.24, 2.45) is 0 Å². The zero-order valence-corrected chi connectivity index (χ0v) is 11.0. The fourth-order valence-corrected chi connectivity index (χ4v) is 1.76. The average molecular weight is 267 g/mol. The summed E-state index contributed by atoms with van der Waals surface area (Å²) < 4.78 is 5.62. The Morgan fingerprint density at radius 3 is 2.50 bits per heavy atom. The Morgan fingerprint density at radius 1 is 1.25 bits per heavy atom. The lowest BCUT2D eigenvalue weighted by atomic mass is 10.1. The summed E-state index contributed by atoms with van der Waals surface area (Å²) >= 11 is 0. The Morgan fingerprint density at radius 2 is 1.95 bits per heavy atom. The first-order chi connectivity index (χ1) is 9.63. The third-order valence-corrected chi connectivity index (χ3v) is 2.91. The van der Waals surface area contributed by atoms with Crippen molar-refractivity contribution in [2.45, 2.75) is 13.3 Å². The van der Waals surface area contributed by atoms with Crippen molar-refractivity contribution in [3.63, 3.8) is 0 Å². The van der Waals surface area contributed by atoms with Gasteiger partial charge in [-0.2, -0.15) is 5.26 Å². The molecule has 20 heavy (non-hydrogen) atoms. The Hall–Kier alpha value is -2.80. The lowest BCUT2D eigenvalue weighted by Gasteiger charge is -2.08. The number of nitriles is 1. The van der Waals surface area contributed by atoms with Crippen LogP contribution in [0.15, 0.2) is 42.5 Å². The van der Waals surface area contributed by atoms with Crippen LogP contribution in [-0.4, -0.2) is 11.1 Å². The highest BCUT2D eigenvalue weighted by Crippen LogP contribution is 2.26. The van der Waals surface area contributed by atoms with Crippen molar-refractivity contribution in [3.05, 3.63) is 59.2 Å². The highest BCUT2D eigenvalue weighted by atomic mass is 16.5. The first kappa shape index (κ1) is 13.6. The maximum absolute atomic E-state index is 10.9. The number of nitrogens with zero attached hydrogens (tertiary/aromatic N) is 1. The summed E-state index contributed by atoms with van der Waals surface area (Å²) in [5, 5.41) is 18.0. The minimum atomic E-state index is -1.07. The van der Waals surface area contributed by atoms with Gasteiger partial charge in [-0.1, -0.05) is 19.1 Å². The van der Waals surface area contributed by atoms with Crippen LogP contribution in [0.4, 0.5) is 0 Å². The number of hydrogen-bond donors (Lipinski definition) is 1. The summed E-state index contributed by atoms with van der Waals surface area (Å²) in [6, 6.07) is 13.7. The van der Waals surface area contributed by atoms with Gasteiger partial charge in [0.05, 0.1) is 11.1 Å². The molecule has 0 spiro atoms. The number of carbonyl (C=O) groups is 1. The molecular weight excluding hydrogens is 254 g/mol. The van der Waals surface area contributed by atoms with Crippen LogP contribution in [0.1, 0.15) is 28.4 Å². The lowest BCUT2D eigenvalue weighted by Crippen LogP contribution is -1.98. The summed E-state index contributed by atoms with van der Waals surface area (Å²) in [6.45, 7) is 2.06. The van der Waals surface area contributed by atoms with Crippen molar-refractivity contribution < 1.29 is 14.6 Å². The monoisotopic (exact) mass is 267 g/mol. The lowest BCUT2D eigenvalue weighted by molar-refractivity contribution is 0.0697. The number of rotatable bonds is 4. The van der Waals surface area contributed by atoms with Crippen molar-refractivity contribution in [3.8, 4) is 17.6 Å². The largest absolute Gasteiger partial charge is 0.478 e. The number of hydrogen-bond acceptors (Lipinski definition) is 3. The summed E-state index contributed by atoms with van der Waals surface area (Å²) in [7, 11) is 0. The molecule has 2 aromatic carbocycles. The predicted octanol–water partition coefficient (Wildman–Crippen LogP) is 3.61. The zero-order chi connectivity index (χ0) is 14.5. The van der Waals surface area contributed by atoms with Gasteiger partial charge in [-0.3, -0.25) is 0 Å². The molecular formula is C16H13NO3. The molecule has 0 aliphatic carbocycles. The van der Waals surface area contributed by atoms with E-state index in [1.54, 1.807) is 0 Å². The fraction of sp³-hybridized carbons (Fsp3) is 0.125. The highest BCUT2D eigenvalue weighted by molar-refractivity contribution is 5.88. The SMILES string of the molecule is CCc1ccc(Oc2ccc(C(=O)O)cc2C#N)cc1. The van der Waals surface area contributed by atoms with Crippen LogP contribution in [0.3, 0.4) is 0 Å². The highest BCUT2D eigenvalue weighted by Gasteiger charge is 2.10. The third kappa shape index (κ3) is 2.96. The Kier molecular flexibility index (Phi) is 4.02. The van der Waals surface area contributed by atoms with Gasteiger partial charge in [-0.05, 0) is 42.3 Å². The normalized spacial score (nSPS) is 9.80. The molecule has 0 aliphatic heterocycles. The second kappa shape index (κ2) is 5.89. The molecule has 0 atom stereocenters. The minimum Gasteiger partial charge on any atom is -0.478 e. The van der Waals surface area contributed by atoms with Crippen LogP contribution in [0, 0.1) is 11.3 Å². The molecule has 0 fully saturated rings. The van der Waals surface area contributed by atoms with Gasteiger partial charge < -0.3 is 9.84 Å². The molecule has 0 saturated heterocycles. The number of ether oxygens (including phenoxy) is 1. The minimum absolute atomic E-state index is 0.0650. The second-order valence-corrected chi connectivity index (χ2v) is 4.23. The van der Waals surface area contributed by atoms with Gasteiger partial charge >= 0.3 is 5.97 Å². The van der Waals surface area contributed by atoms with E-state index in [4.69, 9.17) is 15.1 Å². The maximum Gasteiger partial charge on any atom is 0.335 e. The van der Waals surface area contributed by atoms with Gasteiger partial charge in [0.15, 0.2) is 0 Å². The van der Waals surface area contributed by atoms with Gasteiger partial charge in [0.1, 0.15) is 17.6 Å². The summed E-state index contributed by atoms with van der Waals surface area (Å²) in [5.74, 6) is -0.108. The van der Waals surface area contributed by atoms with Gasteiger partial charge in [0.25, 0.3) is 0 Å². The van der Waals surface area contributed by atoms with Crippen LogP contribution in [0.2, 0.25) is 0 Å². The van der Waals surface area contributed by atoms with E-state index < -0.39 is 5.97 Å². The van der Waals surface area contributed by atoms with Crippen molar-refractivity contribution in [1.82, 2.24) is 0 Å². The first-order valence-corrected chi connectivity index (χ1v) is 6.18. The number of benzene rings is 2. The third-order valence-electron chi connectivity index (χ3n) is 2.91. The molecule has 0 saturated carbocycles. The topological polar surface area (TPSA) is 70.3 Å². The molecule has 2 aromatic rings. The molecule has 0 aromatic heterocycles. The second-order valence-electron chi connectivity index (χ2n) is 4.23. The summed E-state index contributed by atoms with van der Waals surface area (Å²) in [5.41, 5.74) is 1.46. The predicted molar refractivity (Wildman–Crippen MR) is 74.0 cm³/mol. The van der Waals surface area contributed by atoms with Crippen molar-refractivity contribution in [2.75, 3.05) is 0 Å². The number of aryl methyl sites for hydroxylation is 1. The maximum atomic E-state index is 10.9. The van der Waals surface area contributed by atoms with E-state index in [-0.39, 0.29) is 11.1 Å². The van der Waals surface area contributed by atoms with Crippen LogP contribution < -0.4 is 4.74 Å². The van der Waals surface area contributed by atoms with E-state index in [0.717, 1.165) is 6.42 Å². The molecule has 0 unspecified atom stereocenters. The van der Waals surface area contributed by atoms with Crippen molar-refractivity contribution >= 4 is 5.97 Å². The Balaban J connectivity index is 2.28. The zero-order valence-electron chi connectivity index (χ0n) is 11.0. The standard InChI is InChI=1S/C16H13NO3/c1-2-11-3-6-14(7-4-11)20-15-8-5-12(16(18)19)9-13(15)10-17/h3-9H,2H2,1H3,(H,18,19). The molecule has 1 N–H and O–H groups in total. The molecule has 0 heterocycles. The molecule has 2 rings (SSSR count). The molecule has 0 aliphatic rings. The molecule has 4 nitrogen and oxygen atoms in total. The molecule has 0 amide bonds. The van der Waals surface area contributed by atoms with Crippen molar-refractivity contribution in [1.29, 1.82) is 5.26 Å². The molecule has 0 radical (unpaired) electrons. The summed E-state index contributed by atoms with van der Waals surface area (Å²) in [4.78, 5) is 10.9. The molecule has 4 heteroatoms. The smallest absolute Gasteiger partial charge is 0.335 e. The molecule has 0 bridgehead atoms. The van der Waals surface area contributed by atoms with Crippen LogP contribution in [0.25, 0.3) is 0 Å². The van der Waals surface area contributed by atoms with E-state index in [1.807, 2.05) is 30.3 Å². The quantitative estimate of drug-likeness (QED) is 0.918. The van der Waals surface area contributed by atoms with E-state index in [0.29, 0.717) is 11.5 Å². The van der Waals surface area contributed by atoms with E-state index >= 15 is 0 Å². The Bertz CT molecular complexity index is 669. The van der Waals surface area contributed by atoms with Crippen LogP contribution in [0.5, 0.6) is 11.5 Å². The van der Waals surface area contributed by atoms with Gasteiger partial charge in [-0.15, -0.1) is 0 Å². The van der Waals surface area contributed by atoms with E-state index in [9.17, 15) is 4.79 Å². The van der Waals surface area contributed by atoms with Crippen LogP contribution in [-0.2, 0) is 6.42 Å². The van der Waals surface area contributed by atoms with E-state index in [1.165, 1.54) is 23.8 Å². The number of carboxylic acid groups (broad SMARTS) is 1. The van der Waals surface area contributed by atoms with Crippen LogP contribution >= 0.6 is 0 Å². The van der Waals surface area contributed by atoms with Gasteiger partial charge in [-0.25, -0.2) is 4.79 Å². The van der Waals surface area contributed by atoms with Gasteiger partial charge in [0.2, 0.25) is 0 Å². The first-order valence-electron chi connectivity index (χ1n) is 6.18. The number of aromatic carboxylic acids is 1. The molecule has 100 valence electrons. The fourth-order valence-electron chi connectivity index (χ4n) is 1.76. The Labute approximate surface area is 116 Å².